The molecule has 0 aliphatic heterocycles. The average Bonchev–Trinajstić information content (AvgIpc) is 2.36. The van der Waals surface area contributed by atoms with Gasteiger partial charge in [0.15, 0.2) is 0 Å². The third-order valence-electron chi connectivity index (χ3n) is 2.86. The molecule has 2 heteroatoms. The third-order valence-corrected chi connectivity index (χ3v) is 2.86. The Kier molecular flexibility index (Phi) is 5.47. The molecule has 0 aliphatic carbocycles. The molecule has 0 spiro atoms. The summed E-state index contributed by atoms with van der Waals surface area (Å²) in [6.07, 6.45) is 3.86. The van der Waals surface area contributed by atoms with Crippen LogP contribution in [0.3, 0.4) is 0 Å². The summed E-state index contributed by atoms with van der Waals surface area (Å²) >= 11 is 0. The Balaban J connectivity index is 2.66. The fraction of sp³-hybridized carbons (Fsp3) is 0.400. The lowest BCUT2D eigenvalue weighted by Gasteiger charge is -2.14. The Bertz CT molecular complexity index is 377. The molecule has 1 aromatic rings. The van der Waals surface area contributed by atoms with E-state index in [0.717, 1.165) is 24.0 Å². The van der Waals surface area contributed by atoms with Gasteiger partial charge in [-0.15, -0.1) is 0 Å². The van der Waals surface area contributed by atoms with Crippen molar-refractivity contribution in [2.75, 3.05) is 0 Å². The molecule has 0 heterocycles. The van der Waals surface area contributed by atoms with Gasteiger partial charge in [0, 0.05) is 11.6 Å². The van der Waals surface area contributed by atoms with E-state index >= 15 is 0 Å². The second-order valence-corrected chi connectivity index (χ2v) is 4.22. The van der Waals surface area contributed by atoms with Crippen molar-refractivity contribution < 1.29 is 4.79 Å². The Hall–Kier alpha value is -1.57. The lowest BCUT2D eigenvalue weighted by atomic mass is 10.1. The van der Waals surface area contributed by atoms with E-state index in [0.29, 0.717) is 0 Å². The molecule has 0 atom stereocenters. The summed E-state index contributed by atoms with van der Waals surface area (Å²) in [6, 6.07) is 10.2. The van der Waals surface area contributed by atoms with Gasteiger partial charge < -0.3 is 5.32 Å². The minimum Gasteiger partial charge on any atom is -0.350 e. The maximum atomic E-state index is 11.9. The first kappa shape index (κ1) is 13.5. The van der Waals surface area contributed by atoms with E-state index in [9.17, 15) is 4.79 Å². The first-order chi connectivity index (χ1) is 8.17. The van der Waals surface area contributed by atoms with Crippen LogP contribution in [0.2, 0.25) is 0 Å². The Morgan fingerprint density at radius 2 is 1.82 bits per heavy atom. The molecule has 0 saturated carbocycles. The van der Waals surface area contributed by atoms with E-state index in [2.05, 4.69) is 19.2 Å². The van der Waals surface area contributed by atoms with E-state index in [1.54, 1.807) is 0 Å². The number of rotatable bonds is 5. The first-order valence-electron chi connectivity index (χ1n) is 6.21. The number of carbonyl (C=O) groups excluding carboxylic acids is 1. The molecule has 0 saturated heterocycles. The van der Waals surface area contributed by atoms with E-state index in [1.807, 2.05) is 43.3 Å². The van der Waals surface area contributed by atoms with E-state index < -0.39 is 0 Å². The van der Waals surface area contributed by atoms with Crippen molar-refractivity contribution in [2.24, 2.45) is 0 Å². The van der Waals surface area contributed by atoms with Crippen molar-refractivity contribution in [3.63, 3.8) is 0 Å². The van der Waals surface area contributed by atoms with Crippen LogP contribution in [-0.2, 0) is 4.79 Å². The van der Waals surface area contributed by atoms with Crippen LogP contribution in [0.15, 0.2) is 35.9 Å². The number of carbonyl (C=O) groups is 1. The number of nitrogens with one attached hydrogen (secondary N) is 1. The number of amides is 1. The minimum absolute atomic E-state index is 0.0301. The number of benzene rings is 1. The predicted molar refractivity (Wildman–Crippen MR) is 72.6 cm³/mol. The molecule has 0 aromatic heterocycles. The van der Waals surface area contributed by atoms with Crippen LogP contribution in [0.1, 0.15) is 39.2 Å². The SMILES string of the molecule is CCC(CC)NC(=O)C(C)=Cc1ccccc1. The standard InChI is InChI=1S/C15H21NO/c1-4-14(5-2)16-15(17)12(3)11-13-9-7-6-8-10-13/h6-11,14H,4-5H2,1-3H3,(H,16,17). The molecule has 1 rings (SSSR count). The summed E-state index contributed by atoms with van der Waals surface area (Å²) in [6.45, 7) is 6.03. The topological polar surface area (TPSA) is 29.1 Å². The number of hydrogen-bond acceptors (Lipinski definition) is 1. The molecular formula is C15H21NO. The Morgan fingerprint density at radius 3 is 2.35 bits per heavy atom. The van der Waals surface area contributed by atoms with Crippen LogP contribution in [0.5, 0.6) is 0 Å². The third kappa shape index (κ3) is 4.43. The molecule has 0 bridgehead atoms. The van der Waals surface area contributed by atoms with Gasteiger partial charge in [-0.2, -0.15) is 0 Å². The van der Waals surface area contributed by atoms with Crippen molar-refractivity contribution in [2.45, 2.75) is 39.7 Å². The first-order valence-corrected chi connectivity index (χ1v) is 6.21. The van der Waals surface area contributed by atoms with Crippen LogP contribution in [-0.4, -0.2) is 11.9 Å². The molecule has 2 nitrogen and oxygen atoms in total. The lowest BCUT2D eigenvalue weighted by Crippen LogP contribution is -2.34. The van der Waals surface area contributed by atoms with Gasteiger partial charge in [0.2, 0.25) is 5.91 Å². The fourth-order valence-electron chi connectivity index (χ4n) is 1.66. The number of hydrogen-bond donors (Lipinski definition) is 1. The summed E-state index contributed by atoms with van der Waals surface area (Å²) < 4.78 is 0. The second kappa shape index (κ2) is 6.89. The largest absolute Gasteiger partial charge is 0.350 e. The van der Waals surface area contributed by atoms with E-state index in [1.165, 1.54) is 0 Å². The molecule has 1 N–H and O–H groups in total. The Morgan fingerprint density at radius 1 is 1.24 bits per heavy atom. The second-order valence-electron chi connectivity index (χ2n) is 4.22. The highest BCUT2D eigenvalue weighted by molar-refractivity contribution is 5.97. The van der Waals surface area contributed by atoms with Crippen LogP contribution in [0.4, 0.5) is 0 Å². The predicted octanol–water partition coefficient (Wildman–Crippen LogP) is 3.39. The highest BCUT2D eigenvalue weighted by Crippen LogP contribution is 2.07. The molecule has 92 valence electrons. The van der Waals surface area contributed by atoms with Crippen molar-refractivity contribution in [1.82, 2.24) is 5.32 Å². The van der Waals surface area contributed by atoms with Gasteiger partial charge in [0.25, 0.3) is 0 Å². The summed E-state index contributed by atoms with van der Waals surface area (Å²) in [5, 5.41) is 3.03. The maximum absolute atomic E-state index is 11.9. The maximum Gasteiger partial charge on any atom is 0.247 e. The van der Waals surface area contributed by atoms with Crippen LogP contribution in [0.25, 0.3) is 6.08 Å². The van der Waals surface area contributed by atoms with Gasteiger partial charge in [-0.25, -0.2) is 0 Å². The highest BCUT2D eigenvalue weighted by atomic mass is 16.1. The molecule has 17 heavy (non-hydrogen) atoms. The van der Waals surface area contributed by atoms with Gasteiger partial charge in [-0.05, 0) is 31.4 Å². The van der Waals surface area contributed by atoms with Crippen molar-refractivity contribution >= 4 is 12.0 Å². The van der Waals surface area contributed by atoms with E-state index in [4.69, 9.17) is 0 Å². The summed E-state index contributed by atoms with van der Waals surface area (Å²) in [5.74, 6) is 0.0301. The van der Waals surface area contributed by atoms with Gasteiger partial charge in [-0.3, -0.25) is 4.79 Å². The smallest absolute Gasteiger partial charge is 0.247 e. The van der Waals surface area contributed by atoms with Crippen LogP contribution < -0.4 is 5.32 Å². The average molecular weight is 231 g/mol. The Labute approximate surface area is 104 Å². The molecule has 0 aliphatic rings. The van der Waals surface area contributed by atoms with Gasteiger partial charge >= 0.3 is 0 Å². The summed E-state index contributed by atoms with van der Waals surface area (Å²) in [5.41, 5.74) is 1.81. The molecule has 1 aromatic carbocycles. The van der Waals surface area contributed by atoms with E-state index in [-0.39, 0.29) is 11.9 Å². The molecule has 0 radical (unpaired) electrons. The molecule has 0 fully saturated rings. The normalized spacial score (nSPS) is 11.6. The highest BCUT2D eigenvalue weighted by Gasteiger charge is 2.09. The fourth-order valence-corrected chi connectivity index (χ4v) is 1.66. The minimum atomic E-state index is 0.0301. The van der Waals surface area contributed by atoms with Crippen LogP contribution in [0, 0.1) is 0 Å². The van der Waals surface area contributed by atoms with Crippen molar-refractivity contribution in [1.29, 1.82) is 0 Å². The zero-order valence-electron chi connectivity index (χ0n) is 10.9. The van der Waals surface area contributed by atoms with Gasteiger partial charge in [0.1, 0.15) is 0 Å². The zero-order chi connectivity index (χ0) is 12.7. The zero-order valence-corrected chi connectivity index (χ0v) is 10.9. The molecule has 1 amide bonds. The van der Waals surface area contributed by atoms with Gasteiger partial charge in [0.05, 0.1) is 0 Å². The van der Waals surface area contributed by atoms with Gasteiger partial charge in [-0.1, -0.05) is 44.2 Å². The lowest BCUT2D eigenvalue weighted by molar-refractivity contribution is -0.118. The van der Waals surface area contributed by atoms with Crippen molar-refractivity contribution in [3.8, 4) is 0 Å². The monoisotopic (exact) mass is 231 g/mol. The quantitative estimate of drug-likeness (QED) is 0.773. The summed E-state index contributed by atoms with van der Waals surface area (Å²) in [4.78, 5) is 11.9. The van der Waals surface area contributed by atoms with Crippen LogP contribution >= 0.6 is 0 Å². The molecular weight excluding hydrogens is 210 g/mol. The summed E-state index contributed by atoms with van der Waals surface area (Å²) in [7, 11) is 0. The van der Waals surface area contributed by atoms with Crippen molar-refractivity contribution in [3.05, 3.63) is 41.5 Å². The molecule has 0 unspecified atom stereocenters.